The van der Waals surface area contributed by atoms with E-state index in [0.29, 0.717) is 6.54 Å². The van der Waals surface area contributed by atoms with Crippen LogP contribution in [0.2, 0.25) is 0 Å². The number of aromatic nitrogens is 1. The van der Waals surface area contributed by atoms with E-state index >= 15 is 0 Å². The Morgan fingerprint density at radius 3 is 2.54 bits per heavy atom. The Hall–Kier alpha value is -2.66. The Kier molecular flexibility index (Phi) is 4.91. The van der Waals surface area contributed by atoms with Crippen LogP contribution in [0, 0.1) is 6.92 Å². The molecule has 122 valence electrons. The minimum absolute atomic E-state index is 0.0434. The number of phenols is 1. The van der Waals surface area contributed by atoms with Crippen LogP contribution in [-0.4, -0.2) is 16.0 Å². The van der Waals surface area contributed by atoms with Gasteiger partial charge in [0.1, 0.15) is 10.8 Å². The van der Waals surface area contributed by atoms with E-state index in [1.54, 1.807) is 12.1 Å². The molecule has 0 saturated carbocycles. The molecule has 1 heterocycles. The molecule has 0 saturated heterocycles. The maximum atomic E-state index is 12.1. The van der Waals surface area contributed by atoms with Gasteiger partial charge in [0.15, 0.2) is 0 Å². The predicted octanol–water partition coefficient (Wildman–Crippen LogP) is 3.68. The third-order valence-electron chi connectivity index (χ3n) is 3.62. The maximum absolute atomic E-state index is 12.1. The summed E-state index contributed by atoms with van der Waals surface area (Å²) in [7, 11) is 0. The third kappa shape index (κ3) is 4.20. The Balaban J connectivity index is 1.57. The van der Waals surface area contributed by atoms with Gasteiger partial charge in [-0.3, -0.25) is 4.79 Å². The highest BCUT2D eigenvalue weighted by molar-refractivity contribution is 7.13. The first-order chi connectivity index (χ1) is 11.6. The number of carbonyl (C=O) groups is 1. The molecule has 0 radical (unpaired) electrons. The summed E-state index contributed by atoms with van der Waals surface area (Å²) in [5.41, 5.74) is 3.97. The molecule has 0 aliphatic carbocycles. The van der Waals surface area contributed by atoms with Gasteiger partial charge in [-0.25, -0.2) is 4.98 Å². The molecule has 0 aliphatic rings. The minimum Gasteiger partial charge on any atom is -0.508 e. The first-order valence-electron chi connectivity index (χ1n) is 7.66. The lowest BCUT2D eigenvalue weighted by atomic mass is 10.1. The number of carbonyl (C=O) groups excluding carboxylic acids is 1. The zero-order valence-electron chi connectivity index (χ0n) is 13.3. The molecular weight excluding hydrogens is 320 g/mol. The van der Waals surface area contributed by atoms with Crippen molar-refractivity contribution < 1.29 is 9.90 Å². The van der Waals surface area contributed by atoms with E-state index in [2.05, 4.69) is 10.3 Å². The number of amides is 1. The standard InChI is InChI=1S/C19H18N2O2S/c1-13-2-4-14(5-3-13)11-20-18(23)10-16-12-24-19(21-16)15-6-8-17(22)9-7-15/h2-9,12,22H,10-11H2,1H3,(H,20,23). The topological polar surface area (TPSA) is 62.2 Å². The van der Waals surface area contributed by atoms with Gasteiger partial charge in [0.25, 0.3) is 0 Å². The average molecular weight is 338 g/mol. The highest BCUT2D eigenvalue weighted by Gasteiger charge is 2.09. The first kappa shape index (κ1) is 16.2. The summed E-state index contributed by atoms with van der Waals surface area (Å²) in [6.45, 7) is 2.56. The fraction of sp³-hybridized carbons (Fsp3) is 0.158. The van der Waals surface area contributed by atoms with Crippen molar-refractivity contribution in [1.29, 1.82) is 0 Å². The maximum Gasteiger partial charge on any atom is 0.226 e. The molecule has 5 heteroatoms. The molecule has 0 fully saturated rings. The summed E-state index contributed by atoms with van der Waals surface area (Å²) < 4.78 is 0. The lowest BCUT2D eigenvalue weighted by Gasteiger charge is -2.04. The molecule has 2 N–H and O–H groups in total. The van der Waals surface area contributed by atoms with Gasteiger partial charge in [-0.05, 0) is 36.8 Å². The number of rotatable bonds is 5. The van der Waals surface area contributed by atoms with Gasteiger partial charge in [-0.2, -0.15) is 0 Å². The van der Waals surface area contributed by atoms with Gasteiger partial charge in [0.2, 0.25) is 5.91 Å². The number of nitrogens with one attached hydrogen (secondary N) is 1. The van der Waals surface area contributed by atoms with Crippen LogP contribution >= 0.6 is 11.3 Å². The van der Waals surface area contributed by atoms with Gasteiger partial charge >= 0.3 is 0 Å². The summed E-state index contributed by atoms with van der Waals surface area (Å²) in [4.78, 5) is 16.6. The quantitative estimate of drug-likeness (QED) is 0.746. The minimum atomic E-state index is -0.0434. The van der Waals surface area contributed by atoms with Crippen molar-refractivity contribution in [2.24, 2.45) is 0 Å². The van der Waals surface area contributed by atoms with Crippen LogP contribution in [0.15, 0.2) is 53.9 Å². The summed E-state index contributed by atoms with van der Waals surface area (Å²) in [5, 5.41) is 15.0. The molecule has 2 aromatic carbocycles. The van der Waals surface area contributed by atoms with Gasteiger partial charge in [-0.15, -0.1) is 11.3 Å². The SMILES string of the molecule is Cc1ccc(CNC(=O)Cc2csc(-c3ccc(O)cc3)n2)cc1. The van der Waals surface area contributed by atoms with Crippen LogP contribution in [0.5, 0.6) is 5.75 Å². The van der Waals surface area contributed by atoms with E-state index in [9.17, 15) is 9.90 Å². The number of hydrogen-bond donors (Lipinski definition) is 2. The summed E-state index contributed by atoms with van der Waals surface area (Å²) in [5.74, 6) is 0.184. The van der Waals surface area contributed by atoms with Gasteiger partial charge < -0.3 is 10.4 Å². The number of phenolic OH excluding ortho intramolecular Hbond substituents is 1. The van der Waals surface area contributed by atoms with Gasteiger partial charge in [0.05, 0.1) is 12.1 Å². The lowest BCUT2D eigenvalue weighted by Crippen LogP contribution is -2.24. The van der Waals surface area contributed by atoms with Crippen molar-refractivity contribution in [1.82, 2.24) is 10.3 Å². The smallest absolute Gasteiger partial charge is 0.226 e. The summed E-state index contributed by atoms with van der Waals surface area (Å²) >= 11 is 1.49. The number of aromatic hydroxyl groups is 1. The average Bonchev–Trinajstić information content (AvgIpc) is 3.03. The van der Waals surface area contributed by atoms with Gasteiger partial charge in [-0.1, -0.05) is 29.8 Å². The van der Waals surface area contributed by atoms with Crippen molar-refractivity contribution in [3.05, 3.63) is 70.7 Å². The fourth-order valence-electron chi connectivity index (χ4n) is 2.26. The fourth-order valence-corrected chi connectivity index (χ4v) is 3.08. The van der Waals surface area contributed by atoms with Crippen molar-refractivity contribution in [2.75, 3.05) is 0 Å². The van der Waals surface area contributed by atoms with Crippen LogP contribution in [0.4, 0.5) is 0 Å². The Morgan fingerprint density at radius 2 is 1.83 bits per heavy atom. The lowest BCUT2D eigenvalue weighted by molar-refractivity contribution is -0.120. The molecule has 4 nitrogen and oxygen atoms in total. The molecule has 0 unspecified atom stereocenters. The van der Waals surface area contributed by atoms with E-state index in [1.807, 2.05) is 48.7 Å². The predicted molar refractivity (Wildman–Crippen MR) is 95.9 cm³/mol. The molecule has 0 atom stereocenters. The summed E-state index contributed by atoms with van der Waals surface area (Å²) in [6, 6.07) is 15.0. The monoisotopic (exact) mass is 338 g/mol. The Bertz CT molecular complexity index is 823. The van der Waals surface area contributed by atoms with Crippen molar-refractivity contribution in [3.8, 4) is 16.3 Å². The van der Waals surface area contributed by atoms with Crippen molar-refractivity contribution in [2.45, 2.75) is 19.9 Å². The van der Waals surface area contributed by atoms with Crippen LogP contribution < -0.4 is 5.32 Å². The van der Waals surface area contributed by atoms with E-state index in [-0.39, 0.29) is 18.1 Å². The zero-order valence-corrected chi connectivity index (χ0v) is 14.1. The van der Waals surface area contributed by atoms with E-state index in [0.717, 1.165) is 21.8 Å². The molecule has 0 bridgehead atoms. The van der Waals surface area contributed by atoms with Crippen LogP contribution in [0.25, 0.3) is 10.6 Å². The number of thiazole rings is 1. The molecule has 0 aliphatic heterocycles. The second-order valence-corrected chi connectivity index (χ2v) is 6.49. The first-order valence-corrected chi connectivity index (χ1v) is 8.54. The number of nitrogens with zero attached hydrogens (tertiary/aromatic N) is 1. The van der Waals surface area contributed by atoms with Crippen LogP contribution in [0.3, 0.4) is 0 Å². The molecule has 3 rings (SSSR count). The molecule has 24 heavy (non-hydrogen) atoms. The van der Waals surface area contributed by atoms with E-state index in [1.165, 1.54) is 16.9 Å². The highest BCUT2D eigenvalue weighted by atomic mass is 32.1. The van der Waals surface area contributed by atoms with Crippen LogP contribution in [-0.2, 0) is 17.8 Å². The van der Waals surface area contributed by atoms with E-state index < -0.39 is 0 Å². The molecule has 1 aromatic heterocycles. The van der Waals surface area contributed by atoms with Crippen molar-refractivity contribution in [3.63, 3.8) is 0 Å². The van der Waals surface area contributed by atoms with Crippen molar-refractivity contribution >= 4 is 17.2 Å². The second-order valence-electron chi connectivity index (χ2n) is 5.63. The van der Waals surface area contributed by atoms with E-state index in [4.69, 9.17) is 0 Å². The molecule has 0 spiro atoms. The Morgan fingerprint density at radius 1 is 1.12 bits per heavy atom. The second kappa shape index (κ2) is 7.27. The largest absolute Gasteiger partial charge is 0.508 e. The van der Waals surface area contributed by atoms with Crippen LogP contribution in [0.1, 0.15) is 16.8 Å². The zero-order chi connectivity index (χ0) is 16.9. The third-order valence-corrected chi connectivity index (χ3v) is 4.56. The molecule has 3 aromatic rings. The number of hydrogen-bond acceptors (Lipinski definition) is 4. The normalized spacial score (nSPS) is 10.5. The van der Waals surface area contributed by atoms with Gasteiger partial charge in [0, 0.05) is 17.5 Å². The summed E-state index contributed by atoms with van der Waals surface area (Å²) in [6.07, 6.45) is 0.264. The number of benzene rings is 2. The molecular formula is C19H18N2O2S. The number of aryl methyl sites for hydroxylation is 1. The Labute approximate surface area is 144 Å². The highest BCUT2D eigenvalue weighted by Crippen LogP contribution is 2.25. The molecule has 1 amide bonds.